The molecule has 1 heterocycles. The van der Waals surface area contributed by atoms with E-state index in [0.29, 0.717) is 22.6 Å². The van der Waals surface area contributed by atoms with Gasteiger partial charge in [-0.2, -0.15) is 5.26 Å². The number of aryl methyl sites for hydroxylation is 1. The van der Waals surface area contributed by atoms with E-state index in [1.54, 1.807) is 25.1 Å². The van der Waals surface area contributed by atoms with Crippen molar-refractivity contribution in [3.05, 3.63) is 51.7 Å². The third kappa shape index (κ3) is 3.06. The first-order valence-corrected chi connectivity index (χ1v) is 5.92. The first kappa shape index (κ1) is 14.3. The summed E-state index contributed by atoms with van der Waals surface area (Å²) in [6.45, 7) is 1.66. The van der Waals surface area contributed by atoms with E-state index in [1.807, 2.05) is 6.07 Å². The summed E-state index contributed by atoms with van der Waals surface area (Å²) in [6.07, 6.45) is 1.13. The molecule has 0 amide bonds. The number of methoxy groups -OCH3 is 1. The molecule has 0 spiro atoms. The summed E-state index contributed by atoms with van der Waals surface area (Å²) >= 11 is 0. The molecule has 0 bridgehead atoms. The molecule has 2 aromatic rings. The van der Waals surface area contributed by atoms with Crippen molar-refractivity contribution in [1.82, 2.24) is 4.98 Å². The zero-order valence-corrected chi connectivity index (χ0v) is 11.4. The fourth-order valence-electron chi connectivity index (χ4n) is 1.69. The fraction of sp³-hybridized carbons (Fsp3) is 0.143. The molecule has 0 atom stereocenters. The molecule has 0 aliphatic rings. The molecule has 0 saturated carbocycles. The smallest absolute Gasteiger partial charge is 0.288 e. The van der Waals surface area contributed by atoms with Crippen molar-refractivity contribution in [2.45, 2.75) is 6.92 Å². The first-order valence-electron chi connectivity index (χ1n) is 5.92. The van der Waals surface area contributed by atoms with Gasteiger partial charge in [0.15, 0.2) is 0 Å². The van der Waals surface area contributed by atoms with Gasteiger partial charge in [-0.15, -0.1) is 0 Å². The van der Waals surface area contributed by atoms with Crippen LogP contribution in [0.3, 0.4) is 0 Å². The van der Waals surface area contributed by atoms with E-state index in [0.717, 1.165) is 6.20 Å². The third-order valence-electron chi connectivity index (χ3n) is 2.73. The standard InChI is InChI=1S/C14H11N3O4/c1-9-5-11(17(18)19)8-16-14(9)21-12-4-3-10(7-15)13(6-12)20-2/h3-6,8H,1-2H3. The molecular weight excluding hydrogens is 274 g/mol. The normalized spacial score (nSPS) is 9.76. The lowest BCUT2D eigenvalue weighted by molar-refractivity contribution is -0.385. The van der Waals surface area contributed by atoms with E-state index in [1.165, 1.54) is 13.2 Å². The maximum absolute atomic E-state index is 10.7. The van der Waals surface area contributed by atoms with Gasteiger partial charge in [-0.05, 0) is 19.1 Å². The second kappa shape index (κ2) is 5.88. The average Bonchev–Trinajstić information content (AvgIpc) is 2.48. The Morgan fingerprint density at radius 2 is 2.14 bits per heavy atom. The largest absolute Gasteiger partial charge is 0.495 e. The Hall–Kier alpha value is -3.14. The predicted molar refractivity (Wildman–Crippen MR) is 73.4 cm³/mol. The number of hydrogen-bond donors (Lipinski definition) is 0. The van der Waals surface area contributed by atoms with Gasteiger partial charge in [0, 0.05) is 17.7 Å². The summed E-state index contributed by atoms with van der Waals surface area (Å²) in [5.74, 6) is 1.07. The van der Waals surface area contributed by atoms with Gasteiger partial charge in [-0.1, -0.05) is 0 Å². The van der Waals surface area contributed by atoms with Crippen molar-refractivity contribution in [3.63, 3.8) is 0 Å². The zero-order valence-electron chi connectivity index (χ0n) is 11.4. The summed E-state index contributed by atoms with van der Waals surface area (Å²) in [5.41, 5.74) is 0.822. The second-order valence-corrected chi connectivity index (χ2v) is 4.15. The number of ether oxygens (including phenoxy) is 2. The van der Waals surface area contributed by atoms with Crippen molar-refractivity contribution in [2.75, 3.05) is 7.11 Å². The van der Waals surface area contributed by atoms with Gasteiger partial charge in [0.1, 0.15) is 23.8 Å². The molecule has 0 saturated heterocycles. The summed E-state index contributed by atoms with van der Waals surface area (Å²) < 4.78 is 10.6. The lowest BCUT2D eigenvalue weighted by Gasteiger charge is -2.09. The van der Waals surface area contributed by atoms with Gasteiger partial charge in [-0.3, -0.25) is 10.1 Å². The van der Waals surface area contributed by atoms with Crippen LogP contribution in [0.5, 0.6) is 17.4 Å². The Bertz CT molecular complexity index is 737. The van der Waals surface area contributed by atoms with E-state index in [2.05, 4.69) is 4.98 Å². The molecule has 2 rings (SSSR count). The van der Waals surface area contributed by atoms with Crippen molar-refractivity contribution in [1.29, 1.82) is 5.26 Å². The summed E-state index contributed by atoms with van der Waals surface area (Å²) in [5, 5.41) is 19.6. The van der Waals surface area contributed by atoms with Crippen LogP contribution in [0.2, 0.25) is 0 Å². The van der Waals surface area contributed by atoms with E-state index in [9.17, 15) is 10.1 Å². The number of aromatic nitrogens is 1. The van der Waals surface area contributed by atoms with E-state index in [-0.39, 0.29) is 11.6 Å². The number of pyridine rings is 1. The Kier molecular flexibility index (Phi) is 4.00. The van der Waals surface area contributed by atoms with Gasteiger partial charge in [0.2, 0.25) is 5.88 Å². The van der Waals surface area contributed by atoms with E-state index in [4.69, 9.17) is 14.7 Å². The highest BCUT2D eigenvalue weighted by atomic mass is 16.6. The number of nitro groups is 1. The van der Waals surface area contributed by atoms with Crippen molar-refractivity contribution in [3.8, 4) is 23.4 Å². The molecular formula is C14H11N3O4. The zero-order chi connectivity index (χ0) is 15.4. The molecule has 0 fully saturated rings. The van der Waals surface area contributed by atoms with Crippen molar-refractivity contribution >= 4 is 5.69 Å². The molecule has 0 unspecified atom stereocenters. The van der Waals surface area contributed by atoms with Crippen LogP contribution in [0.4, 0.5) is 5.69 Å². The lowest BCUT2D eigenvalue weighted by Crippen LogP contribution is -1.96. The van der Waals surface area contributed by atoms with Crippen molar-refractivity contribution in [2.24, 2.45) is 0 Å². The number of benzene rings is 1. The molecule has 0 aliphatic heterocycles. The van der Waals surface area contributed by atoms with Crippen LogP contribution in [-0.2, 0) is 0 Å². The number of nitriles is 1. The Morgan fingerprint density at radius 3 is 2.71 bits per heavy atom. The van der Waals surface area contributed by atoms with Crippen LogP contribution >= 0.6 is 0 Å². The van der Waals surface area contributed by atoms with E-state index >= 15 is 0 Å². The third-order valence-corrected chi connectivity index (χ3v) is 2.73. The molecule has 106 valence electrons. The quantitative estimate of drug-likeness (QED) is 0.632. The minimum Gasteiger partial charge on any atom is -0.495 e. The maximum atomic E-state index is 10.7. The Labute approximate surface area is 120 Å². The van der Waals surface area contributed by atoms with E-state index < -0.39 is 4.92 Å². The van der Waals surface area contributed by atoms with Crippen LogP contribution in [0, 0.1) is 28.4 Å². The fourth-order valence-corrected chi connectivity index (χ4v) is 1.69. The average molecular weight is 285 g/mol. The number of hydrogen-bond acceptors (Lipinski definition) is 6. The maximum Gasteiger partial charge on any atom is 0.288 e. The number of nitrogens with zero attached hydrogens (tertiary/aromatic N) is 3. The summed E-state index contributed by atoms with van der Waals surface area (Å²) in [4.78, 5) is 14.1. The SMILES string of the molecule is COc1cc(Oc2ncc([N+](=O)[O-])cc2C)ccc1C#N. The first-order chi connectivity index (χ1) is 10.0. The van der Waals surface area contributed by atoms with Crippen LogP contribution in [0.25, 0.3) is 0 Å². The van der Waals surface area contributed by atoms with Gasteiger partial charge in [-0.25, -0.2) is 4.98 Å². The van der Waals surface area contributed by atoms with Crippen LogP contribution in [-0.4, -0.2) is 17.0 Å². The van der Waals surface area contributed by atoms with Gasteiger partial charge in [0.05, 0.1) is 17.6 Å². The van der Waals surface area contributed by atoms with Crippen LogP contribution in [0.15, 0.2) is 30.5 Å². The lowest BCUT2D eigenvalue weighted by atomic mass is 10.2. The highest BCUT2D eigenvalue weighted by Crippen LogP contribution is 2.29. The van der Waals surface area contributed by atoms with Gasteiger partial charge >= 0.3 is 0 Å². The summed E-state index contributed by atoms with van der Waals surface area (Å²) in [6, 6.07) is 8.10. The van der Waals surface area contributed by atoms with Gasteiger partial charge in [0.25, 0.3) is 5.69 Å². The highest BCUT2D eigenvalue weighted by molar-refractivity contribution is 5.48. The van der Waals surface area contributed by atoms with Gasteiger partial charge < -0.3 is 9.47 Å². The highest BCUT2D eigenvalue weighted by Gasteiger charge is 2.12. The molecule has 1 aromatic heterocycles. The van der Waals surface area contributed by atoms with Crippen LogP contribution in [0.1, 0.15) is 11.1 Å². The number of rotatable bonds is 4. The minimum absolute atomic E-state index is 0.0998. The molecule has 7 nitrogen and oxygen atoms in total. The monoisotopic (exact) mass is 285 g/mol. The topological polar surface area (TPSA) is 98.3 Å². The molecule has 21 heavy (non-hydrogen) atoms. The Morgan fingerprint density at radius 1 is 1.38 bits per heavy atom. The second-order valence-electron chi connectivity index (χ2n) is 4.15. The molecule has 1 aromatic carbocycles. The van der Waals surface area contributed by atoms with Crippen molar-refractivity contribution < 1.29 is 14.4 Å². The molecule has 0 N–H and O–H groups in total. The molecule has 7 heteroatoms. The Balaban J connectivity index is 2.30. The predicted octanol–water partition coefficient (Wildman–Crippen LogP) is 2.97. The molecule has 0 aliphatic carbocycles. The molecule has 0 radical (unpaired) electrons. The minimum atomic E-state index is -0.519. The van der Waals surface area contributed by atoms with Crippen LogP contribution < -0.4 is 9.47 Å². The summed E-state index contributed by atoms with van der Waals surface area (Å²) in [7, 11) is 1.45.